The molecule has 3 N–H and O–H groups in total. The average Bonchev–Trinajstić information content (AvgIpc) is 2.98. The fourth-order valence-electron chi connectivity index (χ4n) is 2.83. The summed E-state index contributed by atoms with van der Waals surface area (Å²) in [5.74, 6) is -0.509. The van der Waals surface area contributed by atoms with Crippen molar-refractivity contribution in [3.63, 3.8) is 0 Å². The highest BCUT2D eigenvalue weighted by Gasteiger charge is 2.13. The topological polar surface area (TPSA) is 79.2 Å². The molecular formula is C20H21FN4O2. The summed E-state index contributed by atoms with van der Waals surface area (Å²) in [6, 6.07) is 14.7. The molecule has 6 nitrogen and oxygen atoms in total. The highest BCUT2D eigenvalue weighted by Crippen LogP contribution is 2.18. The van der Waals surface area contributed by atoms with E-state index < -0.39 is 18.0 Å². The number of aliphatic hydroxyl groups is 1. The average molecular weight is 368 g/mol. The van der Waals surface area contributed by atoms with Crippen molar-refractivity contribution in [2.45, 2.75) is 20.0 Å². The number of halogens is 1. The fraction of sp³-hybridized carbons (Fsp3) is 0.200. The third-order valence-corrected chi connectivity index (χ3v) is 4.08. The molecule has 0 aliphatic carbocycles. The SMILES string of the molecule is Cc1cc(C)n(-c2cccc(NC(=O)NCC(O)c3ccccc3F)c2)n1. The van der Waals surface area contributed by atoms with Crippen molar-refractivity contribution >= 4 is 11.7 Å². The minimum Gasteiger partial charge on any atom is -0.386 e. The predicted octanol–water partition coefficient (Wildman–Crippen LogP) is 3.48. The lowest BCUT2D eigenvalue weighted by molar-refractivity contribution is 0.170. The Morgan fingerprint density at radius 3 is 2.67 bits per heavy atom. The number of nitrogens with one attached hydrogen (secondary N) is 2. The molecule has 1 atom stereocenters. The number of benzene rings is 2. The van der Waals surface area contributed by atoms with Crippen LogP contribution in [0.5, 0.6) is 0 Å². The molecule has 140 valence electrons. The van der Waals surface area contributed by atoms with Gasteiger partial charge in [-0.2, -0.15) is 5.10 Å². The van der Waals surface area contributed by atoms with Gasteiger partial charge in [-0.1, -0.05) is 24.3 Å². The molecule has 1 unspecified atom stereocenters. The third kappa shape index (κ3) is 4.51. The number of nitrogens with zero attached hydrogens (tertiary/aromatic N) is 2. The van der Waals surface area contributed by atoms with Gasteiger partial charge < -0.3 is 15.7 Å². The fourth-order valence-corrected chi connectivity index (χ4v) is 2.83. The number of carbonyl (C=O) groups excluding carboxylic acids is 1. The van der Waals surface area contributed by atoms with E-state index in [1.165, 1.54) is 12.1 Å². The Labute approximate surface area is 156 Å². The van der Waals surface area contributed by atoms with Gasteiger partial charge in [-0.3, -0.25) is 0 Å². The largest absolute Gasteiger partial charge is 0.386 e. The number of rotatable bonds is 5. The molecule has 0 saturated carbocycles. The number of urea groups is 1. The number of aromatic nitrogens is 2. The summed E-state index contributed by atoms with van der Waals surface area (Å²) < 4.78 is 15.4. The van der Waals surface area contributed by atoms with Gasteiger partial charge in [0.15, 0.2) is 0 Å². The molecule has 0 radical (unpaired) electrons. The molecule has 1 heterocycles. The molecule has 0 fully saturated rings. The van der Waals surface area contributed by atoms with Gasteiger partial charge in [-0.25, -0.2) is 13.9 Å². The first-order valence-corrected chi connectivity index (χ1v) is 8.55. The van der Waals surface area contributed by atoms with Crippen LogP contribution in [-0.2, 0) is 0 Å². The minimum atomic E-state index is -1.13. The minimum absolute atomic E-state index is 0.107. The van der Waals surface area contributed by atoms with Crippen molar-refractivity contribution in [2.75, 3.05) is 11.9 Å². The van der Waals surface area contributed by atoms with Crippen LogP contribution in [0.1, 0.15) is 23.1 Å². The van der Waals surface area contributed by atoms with Gasteiger partial charge in [0.05, 0.1) is 17.5 Å². The van der Waals surface area contributed by atoms with Crippen LogP contribution in [-0.4, -0.2) is 27.5 Å². The number of anilines is 1. The Morgan fingerprint density at radius 1 is 1.19 bits per heavy atom. The first kappa shape index (κ1) is 18.6. The van der Waals surface area contributed by atoms with Crippen molar-refractivity contribution in [3.05, 3.63) is 77.4 Å². The third-order valence-electron chi connectivity index (χ3n) is 4.08. The van der Waals surface area contributed by atoms with Crippen molar-refractivity contribution in [3.8, 4) is 5.69 Å². The maximum absolute atomic E-state index is 13.7. The smallest absolute Gasteiger partial charge is 0.319 e. The molecule has 3 aromatic rings. The Morgan fingerprint density at radius 2 is 1.96 bits per heavy atom. The molecule has 0 spiro atoms. The number of carbonyl (C=O) groups is 1. The van der Waals surface area contributed by atoms with Gasteiger partial charge in [-0.05, 0) is 44.2 Å². The zero-order valence-electron chi connectivity index (χ0n) is 15.1. The second kappa shape index (κ2) is 8.01. The lowest BCUT2D eigenvalue weighted by Crippen LogP contribution is -2.32. The zero-order chi connectivity index (χ0) is 19.4. The summed E-state index contributed by atoms with van der Waals surface area (Å²) in [7, 11) is 0. The normalized spacial score (nSPS) is 11.9. The quantitative estimate of drug-likeness (QED) is 0.645. The van der Waals surface area contributed by atoms with E-state index in [1.54, 1.807) is 28.9 Å². The highest BCUT2D eigenvalue weighted by atomic mass is 19.1. The molecule has 0 saturated heterocycles. The van der Waals surface area contributed by atoms with Gasteiger partial charge in [0, 0.05) is 23.5 Å². The van der Waals surface area contributed by atoms with Gasteiger partial charge in [0.1, 0.15) is 5.82 Å². The molecular weight excluding hydrogens is 347 g/mol. The molecule has 0 aliphatic heterocycles. The molecule has 3 rings (SSSR count). The molecule has 0 aliphatic rings. The summed E-state index contributed by atoms with van der Waals surface area (Å²) >= 11 is 0. The van der Waals surface area contributed by atoms with Gasteiger partial charge in [-0.15, -0.1) is 0 Å². The van der Waals surface area contributed by atoms with Crippen LogP contribution in [0.15, 0.2) is 54.6 Å². The van der Waals surface area contributed by atoms with Crippen LogP contribution < -0.4 is 10.6 Å². The predicted molar refractivity (Wildman–Crippen MR) is 101 cm³/mol. The van der Waals surface area contributed by atoms with Crippen molar-refractivity contribution in [2.24, 2.45) is 0 Å². The molecule has 0 bridgehead atoms. The van der Waals surface area contributed by atoms with E-state index in [0.29, 0.717) is 5.69 Å². The van der Waals surface area contributed by atoms with Crippen molar-refractivity contribution in [1.29, 1.82) is 0 Å². The maximum atomic E-state index is 13.7. The van der Waals surface area contributed by atoms with Crippen molar-refractivity contribution in [1.82, 2.24) is 15.1 Å². The number of aryl methyl sites for hydroxylation is 2. The number of hydrogen-bond acceptors (Lipinski definition) is 3. The summed E-state index contributed by atoms with van der Waals surface area (Å²) in [5, 5.41) is 19.7. The number of amides is 2. The Kier molecular flexibility index (Phi) is 5.52. The van der Waals surface area contributed by atoms with Crippen LogP contribution in [0.2, 0.25) is 0 Å². The second-order valence-electron chi connectivity index (χ2n) is 6.26. The van der Waals surface area contributed by atoms with E-state index in [2.05, 4.69) is 15.7 Å². The van der Waals surface area contributed by atoms with Crippen LogP contribution >= 0.6 is 0 Å². The zero-order valence-corrected chi connectivity index (χ0v) is 15.1. The van der Waals surface area contributed by atoms with Crippen LogP contribution in [0.3, 0.4) is 0 Å². The first-order valence-electron chi connectivity index (χ1n) is 8.55. The van der Waals surface area contributed by atoms with E-state index in [9.17, 15) is 14.3 Å². The summed E-state index contributed by atoms with van der Waals surface area (Å²) in [6.45, 7) is 3.76. The monoisotopic (exact) mass is 368 g/mol. The molecule has 27 heavy (non-hydrogen) atoms. The Balaban J connectivity index is 1.62. The molecule has 1 aromatic heterocycles. The molecule has 2 amide bonds. The number of aliphatic hydroxyl groups excluding tert-OH is 1. The summed E-state index contributed by atoms with van der Waals surface area (Å²) in [4.78, 5) is 12.1. The van der Waals surface area contributed by atoms with E-state index in [1.807, 2.05) is 32.0 Å². The van der Waals surface area contributed by atoms with E-state index >= 15 is 0 Å². The first-order chi connectivity index (χ1) is 12.9. The van der Waals surface area contributed by atoms with Gasteiger partial charge >= 0.3 is 6.03 Å². The van der Waals surface area contributed by atoms with E-state index in [0.717, 1.165) is 17.1 Å². The van der Waals surface area contributed by atoms with Gasteiger partial charge in [0.25, 0.3) is 0 Å². The lowest BCUT2D eigenvalue weighted by Gasteiger charge is -2.14. The molecule has 7 heteroatoms. The van der Waals surface area contributed by atoms with Crippen LogP contribution in [0, 0.1) is 19.7 Å². The molecule has 2 aromatic carbocycles. The Hall–Kier alpha value is -3.19. The van der Waals surface area contributed by atoms with E-state index in [-0.39, 0.29) is 12.1 Å². The summed E-state index contributed by atoms with van der Waals surface area (Å²) in [6.07, 6.45) is -1.13. The Bertz CT molecular complexity index is 955. The van der Waals surface area contributed by atoms with E-state index in [4.69, 9.17) is 0 Å². The van der Waals surface area contributed by atoms with Crippen LogP contribution in [0.25, 0.3) is 5.69 Å². The maximum Gasteiger partial charge on any atom is 0.319 e. The van der Waals surface area contributed by atoms with Crippen LogP contribution in [0.4, 0.5) is 14.9 Å². The van der Waals surface area contributed by atoms with Crippen molar-refractivity contribution < 1.29 is 14.3 Å². The highest BCUT2D eigenvalue weighted by molar-refractivity contribution is 5.89. The summed E-state index contributed by atoms with van der Waals surface area (Å²) in [5.41, 5.74) is 3.44. The number of hydrogen-bond donors (Lipinski definition) is 3. The second-order valence-corrected chi connectivity index (χ2v) is 6.26. The lowest BCUT2D eigenvalue weighted by atomic mass is 10.1. The van der Waals surface area contributed by atoms with Gasteiger partial charge in [0.2, 0.25) is 0 Å². The standard InChI is InChI=1S/C20H21FN4O2/c1-13-10-14(2)25(24-13)16-7-5-6-15(11-16)23-20(27)22-12-19(26)17-8-3-4-9-18(17)21/h3-11,19,26H,12H2,1-2H3,(H2,22,23,27).